The minimum absolute atomic E-state index is 0.129. The standard InChI is InChI=1S/C29H35N3O5/c1-18-14-32(19(2)16-33)28(34)25-13-9-8-12-24(25)23-11-7-6-10-22(23)17-36-26(18)15-31(5)29(35)27-20(3)30-37-21(27)4/h6-13,18-19,26,33H,14-17H2,1-5H3/t18-,19+,26+/m0/s1. The Kier molecular flexibility index (Phi) is 8.10. The van der Waals surface area contributed by atoms with Gasteiger partial charge in [-0.2, -0.15) is 0 Å². The number of likely N-dealkylation sites (N-methyl/N-ethyl adjacent to an activating group) is 1. The molecule has 0 fully saturated rings. The summed E-state index contributed by atoms with van der Waals surface area (Å²) in [5, 5.41) is 13.9. The van der Waals surface area contributed by atoms with Gasteiger partial charge in [-0.15, -0.1) is 0 Å². The number of fused-ring (bicyclic) bond motifs is 3. The Balaban J connectivity index is 1.72. The number of aliphatic hydroxyl groups excluding tert-OH is 1. The first-order chi connectivity index (χ1) is 17.7. The lowest BCUT2D eigenvalue weighted by atomic mass is 9.94. The molecule has 0 radical (unpaired) electrons. The molecule has 0 saturated carbocycles. The van der Waals surface area contributed by atoms with E-state index in [2.05, 4.69) is 5.16 Å². The maximum Gasteiger partial charge on any atom is 0.259 e. The first-order valence-corrected chi connectivity index (χ1v) is 12.6. The van der Waals surface area contributed by atoms with Crippen molar-refractivity contribution < 1.29 is 24.0 Å². The van der Waals surface area contributed by atoms with E-state index in [-0.39, 0.29) is 36.5 Å². The number of aryl methyl sites for hydroxylation is 2. The number of nitrogens with zero attached hydrogens (tertiary/aromatic N) is 3. The van der Waals surface area contributed by atoms with Crippen LogP contribution in [0.2, 0.25) is 0 Å². The fourth-order valence-corrected chi connectivity index (χ4v) is 4.88. The van der Waals surface area contributed by atoms with Crippen LogP contribution in [0.25, 0.3) is 11.1 Å². The molecule has 3 aromatic rings. The van der Waals surface area contributed by atoms with E-state index >= 15 is 0 Å². The van der Waals surface area contributed by atoms with Crippen LogP contribution in [0.5, 0.6) is 0 Å². The second kappa shape index (κ2) is 11.3. The van der Waals surface area contributed by atoms with Gasteiger partial charge in [0, 0.05) is 31.6 Å². The molecular weight excluding hydrogens is 470 g/mol. The van der Waals surface area contributed by atoms with Gasteiger partial charge in [-0.05, 0) is 43.5 Å². The minimum Gasteiger partial charge on any atom is -0.394 e. The smallest absolute Gasteiger partial charge is 0.259 e. The second-order valence-electron chi connectivity index (χ2n) is 9.90. The molecule has 0 saturated heterocycles. The van der Waals surface area contributed by atoms with Gasteiger partial charge in [-0.1, -0.05) is 54.5 Å². The molecule has 8 heteroatoms. The molecule has 4 rings (SSSR count). The molecule has 3 atom stereocenters. The zero-order chi connectivity index (χ0) is 26.7. The number of carbonyl (C=O) groups excluding carboxylic acids is 2. The first-order valence-electron chi connectivity index (χ1n) is 12.6. The number of hydrogen-bond donors (Lipinski definition) is 1. The van der Waals surface area contributed by atoms with Gasteiger partial charge in [0.1, 0.15) is 11.3 Å². The van der Waals surface area contributed by atoms with Crippen LogP contribution in [0.3, 0.4) is 0 Å². The number of hydrogen-bond acceptors (Lipinski definition) is 6. The van der Waals surface area contributed by atoms with Gasteiger partial charge in [0.15, 0.2) is 0 Å². The molecule has 2 aromatic carbocycles. The summed E-state index contributed by atoms with van der Waals surface area (Å²) >= 11 is 0. The van der Waals surface area contributed by atoms with Gasteiger partial charge in [0.2, 0.25) is 0 Å². The van der Waals surface area contributed by atoms with Crippen molar-refractivity contribution in [3.05, 3.63) is 76.7 Å². The third-order valence-corrected chi connectivity index (χ3v) is 7.14. The van der Waals surface area contributed by atoms with Crippen molar-refractivity contribution >= 4 is 11.8 Å². The van der Waals surface area contributed by atoms with E-state index < -0.39 is 0 Å². The number of ether oxygens (including phenoxy) is 1. The monoisotopic (exact) mass is 505 g/mol. The van der Waals surface area contributed by atoms with E-state index in [9.17, 15) is 14.7 Å². The van der Waals surface area contributed by atoms with Crippen LogP contribution in [0.1, 0.15) is 51.6 Å². The predicted octanol–water partition coefficient (Wildman–Crippen LogP) is 4.09. The lowest BCUT2D eigenvalue weighted by Gasteiger charge is -2.35. The van der Waals surface area contributed by atoms with E-state index in [1.165, 1.54) is 0 Å². The minimum atomic E-state index is -0.388. The summed E-state index contributed by atoms with van der Waals surface area (Å²) in [6, 6.07) is 15.1. The topological polar surface area (TPSA) is 96.1 Å². The quantitative estimate of drug-likeness (QED) is 0.561. The van der Waals surface area contributed by atoms with Gasteiger partial charge in [0.05, 0.1) is 31.1 Å². The number of aromatic nitrogens is 1. The van der Waals surface area contributed by atoms with Gasteiger partial charge in [0.25, 0.3) is 11.8 Å². The Morgan fingerprint density at radius 3 is 2.43 bits per heavy atom. The molecule has 1 aliphatic rings. The SMILES string of the molecule is Cc1noc(C)c1C(=O)N(C)C[C@H]1OCc2ccccc2-c2ccccc2C(=O)N([C@H](C)CO)C[C@@H]1C. The molecule has 0 bridgehead atoms. The molecule has 1 aromatic heterocycles. The third kappa shape index (κ3) is 5.45. The summed E-state index contributed by atoms with van der Waals surface area (Å²) in [5.74, 6) is 0.0201. The zero-order valence-corrected chi connectivity index (χ0v) is 22.1. The molecule has 0 aliphatic carbocycles. The molecule has 196 valence electrons. The Hall–Kier alpha value is -3.49. The van der Waals surface area contributed by atoms with Crippen LogP contribution in [0.4, 0.5) is 0 Å². The highest BCUT2D eigenvalue weighted by Gasteiger charge is 2.32. The molecule has 0 spiro atoms. The molecule has 1 N–H and O–H groups in total. The van der Waals surface area contributed by atoms with E-state index in [0.29, 0.717) is 42.3 Å². The summed E-state index contributed by atoms with van der Waals surface area (Å²) < 4.78 is 11.7. The van der Waals surface area contributed by atoms with E-state index in [0.717, 1.165) is 16.7 Å². The number of amides is 2. The summed E-state index contributed by atoms with van der Waals surface area (Å²) in [7, 11) is 1.73. The Morgan fingerprint density at radius 2 is 1.78 bits per heavy atom. The fraction of sp³-hybridized carbons (Fsp3) is 0.414. The second-order valence-corrected chi connectivity index (χ2v) is 9.90. The summed E-state index contributed by atoms with van der Waals surface area (Å²) in [6.45, 7) is 8.17. The average molecular weight is 506 g/mol. The highest BCUT2D eigenvalue weighted by Crippen LogP contribution is 2.31. The lowest BCUT2D eigenvalue weighted by Crippen LogP contribution is -2.47. The fourth-order valence-electron chi connectivity index (χ4n) is 4.88. The summed E-state index contributed by atoms with van der Waals surface area (Å²) in [4.78, 5) is 30.5. The van der Waals surface area contributed by atoms with Crippen LogP contribution < -0.4 is 0 Å². The van der Waals surface area contributed by atoms with Gasteiger partial charge in [-0.3, -0.25) is 9.59 Å². The molecule has 37 heavy (non-hydrogen) atoms. The van der Waals surface area contributed by atoms with Crippen molar-refractivity contribution in [2.24, 2.45) is 5.92 Å². The number of carbonyl (C=O) groups is 2. The highest BCUT2D eigenvalue weighted by atomic mass is 16.5. The van der Waals surface area contributed by atoms with E-state index in [1.54, 1.807) is 30.7 Å². The number of benzene rings is 2. The zero-order valence-electron chi connectivity index (χ0n) is 22.1. The molecule has 1 aliphatic heterocycles. The molecule has 0 unspecified atom stereocenters. The average Bonchev–Trinajstić information content (AvgIpc) is 3.24. The van der Waals surface area contributed by atoms with Crippen molar-refractivity contribution in [1.82, 2.24) is 15.0 Å². The van der Waals surface area contributed by atoms with Crippen LogP contribution in [-0.2, 0) is 11.3 Å². The Morgan fingerprint density at radius 1 is 1.14 bits per heavy atom. The first kappa shape index (κ1) is 26.6. The molecular formula is C29H35N3O5. The number of aliphatic hydroxyl groups is 1. The normalized spacial score (nSPS) is 19.0. The van der Waals surface area contributed by atoms with Gasteiger partial charge >= 0.3 is 0 Å². The van der Waals surface area contributed by atoms with Gasteiger partial charge < -0.3 is 24.2 Å². The largest absolute Gasteiger partial charge is 0.394 e. The summed E-state index contributed by atoms with van der Waals surface area (Å²) in [5.41, 5.74) is 4.31. The molecule has 2 heterocycles. The Labute approximate surface area is 217 Å². The Bertz CT molecular complexity index is 1250. The van der Waals surface area contributed by atoms with E-state index in [4.69, 9.17) is 9.26 Å². The van der Waals surface area contributed by atoms with Crippen molar-refractivity contribution in [1.29, 1.82) is 0 Å². The van der Waals surface area contributed by atoms with Crippen molar-refractivity contribution in [2.75, 3.05) is 26.7 Å². The predicted molar refractivity (Wildman–Crippen MR) is 140 cm³/mol. The maximum absolute atomic E-state index is 13.9. The van der Waals surface area contributed by atoms with Crippen LogP contribution in [-0.4, -0.2) is 70.8 Å². The number of rotatable bonds is 5. The van der Waals surface area contributed by atoms with Crippen molar-refractivity contribution in [3.63, 3.8) is 0 Å². The maximum atomic E-state index is 13.9. The molecule has 8 nitrogen and oxygen atoms in total. The lowest BCUT2D eigenvalue weighted by molar-refractivity contribution is -0.0209. The van der Waals surface area contributed by atoms with E-state index in [1.807, 2.05) is 62.4 Å². The van der Waals surface area contributed by atoms with Crippen LogP contribution in [0, 0.1) is 19.8 Å². The summed E-state index contributed by atoms with van der Waals surface area (Å²) in [6.07, 6.45) is -0.370. The van der Waals surface area contributed by atoms with Crippen molar-refractivity contribution in [2.45, 2.75) is 46.4 Å². The van der Waals surface area contributed by atoms with Crippen LogP contribution >= 0.6 is 0 Å². The molecule has 2 amide bonds. The van der Waals surface area contributed by atoms with Crippen LogP contribution in [0.15, 0.2) is 53.1 Å². The highest BCUT2D eigenvalue weighted by molar-refractivity contribution is 6.01. The third-order valence-electron chi connectivity index (χ3n) is 7.14. The van der Waals surface area contributed by atoms with Crippen molar-refractivity contribution in [3.8, 4) is 11.1 Å². The van der Waals surface area contributed by atoms with Gasteiger partial charge in [-0.25, -0.2) is 0 Å².